The summed E-state index contributed by atoms with van der Waals surface area (Å²) in [5, 5.41) is 7.49. The van der Waals surface area contributed by atoms with Crippen LogP contribution in [0.2, 0.25) is 15.1 Å². The number of hydrogen-bond acceptors (Lipinski definition) is 2. The van der Waals surface area contributed by atoms with Crippen molar-refractivity contribution in [1.29, 1.82) is 0 Å². The van der Waals surface area contributed by atoms with Gasteiger partial charge in [-0.3, -0.25) is 4.79 Å². The molecular weight excluding hydrogens is 331 g/mol. The Morgan fingerprint density at radius 3 is 2.14 bits per heavy atom. The SMILES string of the molecule is O=C(CNc1cc(Cl)cc(Cl)c1)NCc1ccc(Cl)cc1. The van der Waals surface area contributed by atoms with Crippen LogP contribution in [-0.2, 0) is 11.3 Å². The third-order valence-electron chi connectivity index (χ3n) is 2.72. The number of hydrogen-bond donors (Lipinski definition) is 2. The Labute approximate surface area is 138 Å². The highest BCUT2D eigenvalue weighted by Crippen LogP contribution is 2.22. The Morgan fingerprint density at radius 2 is 1.52 bits per heavy atom. The highest BCUT2D eigenvalue weighted by atomic mass is 35.5. The summed E-state index contributed by atoms with van der Waals surface area (Å²) in [5.41, 5.74) is 1.69. The van der Waals surface area contributed by atoms with Crippen LogP contribution in [0.4, 0.5) is 5.69 Å². The van der Waals surface area contributed by atoms with Crippen molar-refractivity contribution in [1.82, 2.24) is 5.32 Å². The van der Waals surface area contributed by atoms with Crippen LogP contribution in [0.3, 0.4) is 0 Å². The Bertz CT molecular complexity index is 609. The number of halogens is 3. The first-order chi connectivity index (χ1) is 10.0. The molecule has 110 valence electrons. The molecule has 0 aliphatic carbocycles. The predicted octanol–water partition coefficient (Wildman–Crippen LogP) is 4.38. The second kappa shape index (κ2) is 7.55. The molecule has 0 saturated heterocycles. The zero-order valence-corrected chi connectivity index (χ0v) is 13.3. The first kappa shape index (κ1) is 16.0. The molecule has 21 heavy (non-hydrogen) atoms. The van der Waals surface area contributed by atoms with E-state index in [2.05, 4.69) is 10.6 Å². The molecule has 0 spiro atoms. The fraction of sp³-hybridized carbons (Fsp3) is 0.133. The molecule has 2 rings (SSSR count). The summed E-state index contributed by atoms with van der Waals surface area (Å²) in [5.74, 6) is -0.124. The maximum Gasteiger partial charge on any atom is 0.239 e. The molecule has 0 unspecified atom stereocenters. The number of nitrogens with one attached hydrogen (secondary N) is 2. The van der Waals surface area contributed by atoms with Gasteiger partial charge in [0.05, 0.1) is 6.54 Å². The van der Waals surface area contributed by atoms with Gasteiger partial charge in [-0.1, -0.05) is 46.9 Å². The largest absolute Gasteiger partial charge is 0.376 e. The van der Waals surface area contributed by atoms with Gasteiger partial charge in [0.2, 0.25) is 5.91 Å². The van der Waals surface area contributed by atoms with Crippen molar-refractivity contribution in [2.45, 2.75) is 6.54 Å². The van der Waals surface area contributed by atoms with Crippen LogP contribution in [0.1, 0.15) is 5.56 Å². The molecule has 2 N–H and O–H groups in total. The first-order valence-corrected chi connectivity index (χ1v) is 7.37. The minimum Gasteiger partial charge on any atom is -0.376 e. The van der Waals surface area contributed by atoms with E-state index in [4.69, 9.17) is 34.8 Å². The molecule has 3 nitrogen and oxygen atoms in total. The Balaban J connectivity index is 1.80. The second-order valence-corrected chi connectivity index (χ2v) is 5.72. The van der Waals surface area contributed by atoms with Crippen LogP contribution < -0.4 is 10.6 Å². The van der Waals surface area contributed by atoms with Gasteiger partial charge in [0.25, 0.3) is 0 Å². The van der Waals surface area contributed by atoms with E-state index >= 15 is 0 Å². The smallest absolute Gasteiger partial charge is 0.239 e. The highest BCUT2D eigenvalue weighted by molar-refractivity contribution is 6.35. The van der Waals surface area contributed by atoms with Crippen molar-refractivity contribution in [3.63, 3.8) is 0 Å². The van der Waals surface area contributed by atoms with E-state index in [9.17, 15) is 4.79 Å². The van der Waals surface area contributed by atoms with Crippen molar-refractivity contribution in [2.24, 2.45) is 0 Å². The van der Waals surface area contributed by atoms with Crippen LogP contribution >= 0.6 is 34.8 Å². The summed E-state index contributed by atoms with van der Waals surface area (Å²) >= 11 is 17.6. The molecule has 0 aliphatic heterocycles. The summed E-state index contributed by atoms with van der Waals surface area (Å²) in [7, 11) is 0. The van der Waals surface area contributed by atoms with E-state index in [1.54, 1.807) is 30.3 Å². The maximum atomic E-state index is 11.8. The zero-order valence-electron chi connectivity index (χ0n) is 11.0. The van der Waals surface area contributed by atoms with Gasteiger partial charge in [0.15, 0.2) is 0 Å². The molecule has 0 bridgehead atoms. The predicted molar refractivity (Wildman–Crippen MR) is 88.3 cm³/mol. The highest BCUT2D eigenvalue weighted by Gasteiger charge is 2.03. The normalized spacial score (nSPS) is 10.2. The van der Waals surface area contributed by atoms with Crippen molar-refractivity contribution >= 4 is 46.4 Å². The molecule has 0 fully saturated rings. The van der Waals surface area contributed by atoms with Gasteiger partial charge in [0, 0.05) is 27.3 Å². The lowest BCUT2D eigenvalue weighted by Crippen LogP contribution is -2.29. The molecule has 0 atom stereocenters. The first-order valence-electron chi connectivity index (χ1n) is 6.24. The van der Waals surface area contributed by atoms with Gasteiger partial charge in [-0.05, 0) is 35.9 Å². The Hall–Kier alpha value is -1.42. The topological polar surface area (TPSA) is 41.1 Å². The number of carbonyl (C=O) groups is 1. The van der Waals surface area contributed by atoms with Crippen LogP contribution in [0.25, 0.3) is 0 Å². The van der Waals surface area contributed by atoms with Crippen LogP contribution in [0, 0.1) is 0 Å². The van der Waals surface area contributed by atoms with E-state index in [1.165, 1.54) is 0 Å². The number of carbonyl (C=O) groups excluding carboxylic acids is 1. The lowest BCUT2D eigenvalue weighted by Gasteiger charge is -2.09. The minimum absolute atomic E-state index is 0.124. The average molecular weight is 344 g/mol. The molecule has 2 aromatic rings. The molecular formula is C15H13Cl3N2O. The lowest BCUT2D eigenvalue weighted by atomic mass is 10.2. The number of amides is 1. The molecule has 0 aromatic heterocycles. The van der Waals surface area contributed by atoms with Crippen molar-refractivity contribution < 1.29 is 4.79 Å². The van der Waals surface area contributed by atoms with Gasteiger partial charge < -0.3 is 10.6 Å². The van der Waals surface area contributed by atoms with E-state index in [1.807, 2.05) is 12.1 Å². The van der Waals surface area contributed by atoms with Gasteiger partial charge in [-0.15, -0.1) is 0 Å². The van der Waals surface area contributed by atoms with Crippen molar-refractivity contribution in [2.75, 3.05) is 11.9 Å². The van der Waals surface area contributed by atoms with Crippen LogP contribution in [0.5, 0.6) is 0 Å². The van der Waals surface area contributed by atoms with Crippen LogP contribution in [-0.4, -0.2) is 12.5 Å². The lowest BCUT2D eigenvalue weighted by molar-refractivity contribution is -0.119. The molecule has 1 amide bonds. The fourth-order valence-corrected chi connectivity index (χ4v) is 2.36. The number of benzene rings is 2. The third kappa shape index (κ3) is 5.46. The Kier molecular flexibility index (Phi) is 5.74. The zero-order chi connectivity index (χ0) is 15.2. The quantitative estimate of drug-likeness (QED) is 0.846. The van der Waals surface area contributed by atoms with Gasteiger partial charge in [-0.25, -0.2) is 0 Å². The summed E-state index contributed by atoms with van der Waals surface area (Å²) in [6.45, 7) is 0.595. The van der Waals surface area contributed by atoms with E-state index in [0.717, 1.165) is 5.56 Å². The van der Waals surface area contributed by atoms with E-state index in [-0.39, 0.29) is 12.5 Å². The Morgan fingerprint density at radius 1 is 0.905 bits per heavy atom. The molecule has 0 saturated carbocycles. The van der Waals surface area contributed by atoms with E-state index in [0.29, 0.717) is 27.3 Å². The number of rotatable bonds is 5. The summed E-state index contributed by atoms with van der Waals surface area (Å²) < 4.78 is 0. The molecule has 0 radical (unpaired) electrons. The fourth-order valence-electron chi connectivity index (χ4n) is 1.70. The molecule has 0 heterocycles. The average Bonchev–Trinajstić information content (AvgIpc) is 2.43. The van der Waals surface area contributed by atoms with Gasteiger partial charge >= 0.3 is 0 Å². The monoisotopic (exact) mass is 342 g/mol. The number of anilines is 1. The molecule has 6 heteroatoms. The minimum atomic E-state index is -0.124. The second-order valence-electron chi connectivity index (χ2n) is 4.41. The summed E-state index contributed by atoms with van der Waals surface area (Å²) in [6.07, 6.45) is 0. The van der Waals surface area contributed by atoms with Crippen molar-refractivity contribution in [3.8, 4) is 0 Å². The summed E-state index contributed by atoms with van der Waals surface area (Å²) in [6, 6.07) is 12.4. The standard InChI is InChI=1S/C15H13Cl3N2O/c16-11-3-1-10(2-4-11)8-20-15(21)9-19-14-6-12(17)5-13(18)7-14/h1-7,19H,8-9H2,(H,20,21). The maximum absolute atomic E-state index is 11.8. The molecule has 2 aromatic carbocycles. The van der Waals surface area contributed by atoms with Gasteiger partial charge in [0.1, 0.15) is 0 Å². The van der Waals surface area contributed by atoms with Gasteiger partial charge in [-0.2, -0.15) is 0 Å². The van der Waals surface area contributed by atoms with E-state index < -0.39 is 0 Å². The molecule has 0 aliphatic rings. The third-order valence-corrected chi connectivity index (χ3v) is 3.41. The summed E-state index contributed by atoms with van der Waals surface area (Å²) in [4.78, 5) is 11.8. The van der Waals surface area contributed by atoms with Crippen molar-refractivity contribution in [3.05, 3.63) is 63.1 Å². The van der Waals surface area contributed by atoms with Crippen LogP contribution in [0.15, 0.2) is 42.5 Å².